The molecule has 0 aliphatic rings. The first-order chi connectivity index (χ1) is 25.3. The van der Waals surface area contributed by atoms with Crippen LogP contribution in [0.4, 0.5) is 0 Å². The monoisotopic (exact) mass is 735 g/mol. The molecule has 0 saturated carbocycles. The van der Waals surface area contributed by atoms with E-state index >= 15 is 0 Å². The number of hydrogen-bond acceptors (Lipinski definition) is 10. The second-order valence-corrected chi connectivity index (χ2v) is 13.2. The Kier molecular flexibility index (Phi) is 46.4. The SMILES string of the molecule is CCCCCCCCCCCCCCCCOCCOCCOCCOCCOCCOCCOCCOCCOC(=O)CCCCCCCC. The van der Waals surface area contributed by atoms with Gasteiger partial charge in [-0.25, -0.2) is 0 Å². The molecule has 0 radical (unpaired) electrons. The highest BCUT2D eigenvalue weighted by molar-refractivity contribution is 5.69. The third-order valence-electron chi connectivity index (χ3n) is 8.47. The van der Waals surface area contributed by atoms with Crippen LogP contribution in [-0.2, 0) is 47.4 Å². The molecule has 0 unspecified atom stereocenters. The van der Waals surface area contributed by atoms with Crippen LogP contribution >= 0.6 is 0 Å². The molecule has 306 valence electrons. The minimum atomic E-state index is -0.136. The molecule has 51 heavy (non-hydrogen) atoms. The molecular weight excluding hydrogens is 652 g/mol. The molecule has 0 fully saturated rings. The van der Waals surface area contributed by atoms with Gasteiger partial charge in [0, 0.05) is 13.0 Å². The molecule has 0 aliphatic carbocycles. The van der Waals surface area contributed by atoms with Crippen LogP contribution in [0.3, 0.4) is 0 Å². The zero-order valence-corrected chi connectivity index (χ0v) is 33.5. The lowest BCUT2D eigenvalue weighted by atomic mass is 10.0. The summed E-state index contributed by atoms with van der Waals surface area (Å²) in [5.74, 6) is -0.136. The van der Waals surface area contributed by atoms with Crippen molar-refractivity contribution in [3.05, 3.63) is 0 Å². The van der Waals surface area contributed by atoms with Crippen LogP contribution in [0.5, 0.6) is 0 Å². The minimum absolute atomic E-state index is 0.136. The van der Waals surface area contributed by atoms with E-state index in [1.54, 1.807) is 0 Å². The standard InChI is InChI=1S/C41H82O10/c1-3-5-7-9-11-12-13-14-15-16-17-18-20-22-24-43-25-26-44-27-28-45-29-30-46-31-32-47-33-34-48-35-36-49-37-38-50-39-40-51-41(42)23-21-19-10-8-6-4-2/h3-40H2,1-2H3. The molecule has 0 rings (SSSR count). The number of ether oxygens (including phenoxy) is 9. The average Bonchev–Trinajstić information content (AvgIpc) is 3.14. The molecule has 0 spiro atoms. The van der Waals surface area contributed by atoms with Gasteiger partial charge in [0.15, 0.2) is 0 Å². The van der Waals surface area contributed by atoms with E-state index in [1.165, 1.54) is 109 Å². The lowest BCUT2D eigenvalue weighted by molar-refractivity contribution is -0.145. The smallest absolute Gasteiger partial charge is 0.305 e. The van der Waals surface area contributed by atoms with E-state index in [4.69, 9.17) is 42.6 Å². The quantitative estimate of drug-likeness (QED) is 0.0445. The Labute approximate surface area is 314 Å². The molecule has 0 aliphatic heterocycles. The molecule has 0 N–H and O–H groups in total. The summed E-state index contributed by atoms with van der Waals surface area (Å²) in [4.78, 5) is 11.7. The summed E-state index contributed by atoms with van der Waals surface area (Å²) >= 11 is 0. The summed E-state index contributed by atoms with van der Waals surface area (Å²) in [6.45, 7) is 13.5. The number of unbranched alkanes of at least 4 members (excludes halogenated alkanes) is 18. The molecule has 0 saturated heterocycles. The number of rotatable bonds is 46. The Morgan fingerprint density at radius 3 is 0.824 bits per heavy atom. The fraction of sp³-hybridized carbons (Fsp3) is 0.976. The molecule has 10 nitrogen and oxygen atoms in total. The van der Waals surface area contributed by atoms with E-state index < -0.39 is 0 Å². The van der Waals surface area contributed by atoms with Crippen LogP contribution in [-0.4, -0.2) is 118 Å². The van der Waals surface area contributed by atoms with Crippen molar-refractivity contribution in [2.75, 3.05) is 112 Å². The third-order valence-corrected chi connectivity index (χ3v) is 8.47. The van der Waals surface area contributed by atoms with Gasteiger partial charge in [0.05, 0.1) is 99.1 Å². The number of carbonyl (C=O) groups is 1. The molecule has 0 aromatic heterocycles. The van der Waals surface area contributed by atoms with Gasteiger partial charge in [0.25, 0.3) is 0 Å². The molecule has 0 amide bonds. The molecule has 0 heterocycles. The van der Waals surface area contributed by atoms with Gasteiger partial charge in [0.2, 0.25) is 0 Å². The summed E-state index contributed by atoms with van der Waals surface area (Å²) in [6.07, 6.45) is 26.7. The maximum Gasteiger partial charge on any atom is 0.305 e. The van der Waals surface area contributed by atoms with Crippen molar-refractivity contribution in [3.8, 4) is 0 Å². The predicted molar refractivity (Wildman–Crippen MR) is 206 cm³/mol. The molecule has 0 atom stereocenters. The average molecular weight is 735 g/mol. The molecular formula is C41H82O10. The number of hydrogen-bond donors (Lipinski definition) is 0. The zero-order chi connectivity index (χ0) is 36.8. The van der Waals surface area contributed by atoms with E-state index in [9.17, 15) is 4.79 Å². The Balaban J connectivity index is 3.09. The van der Waals surface area contributed by atoms with Crippen LogP contribution in [0.25, 0.3) is 0 Å². The van der Waals surface area contributed by atoms with Gasteiger partial charge in [-0.05, 0) is 12.8 Å². The van der Waals surface area contributed by atoms with Crippen molar-refractivity contribution >= 4 is 5.97 Å². The van der Waals surface area contributed by atoms with Crippen molar-refractivity contribution in [1.82, 2.24) is 0 Å². The summed E-state index contributed by atoms with van der Waals surface area (Å²) in [5.41, 5.74) is 0. The Bertz CT molecular complexity index is 640. The molecule has 0 aromatic rings. The van der Waals surface area contributed by atoms with Crippen molar-refractivity contribution in [3.63, 3.8) is 0 Å². The van der Waals surface area contributed by atoms with Crippen molar-refractivity contribution < 1.29 is 47.4 Å². The van der Waals surface area contributed by atoms with Crippen molar-refractivity contribution in [1.29, 1.82) is 0 Å². The van der Waals surface area contributed by atoms with Gasteiger partial charge in [-0.3, -0.25) is 4.79 Å². The second-order valence-electron chi connectivity index (χ2n) is 13.2. The summed E-state index contributed by atoms with van der Waals surface area (Å²) < 4.78 is 49.4. The molecule has 10 heteroatoms. The lowest BCUT2D eigenvalue weighted by Crippen LogP contribution is -2.15. The van der Waals surface area contributed by atoms with Crippen molar-refractivity contribution in [2.24, 2.45) is 0 Å². The van der Waals surface area contributed by atoms with E-state index in [-0.39, 0.29) is 5.97 Å². The highest BCUT2D eigenvalue weighted by Gasteiger charge is 2.03. The first-order valence-electron chi connectivity index (χ1n) is 21.1. The van der Waals surface area contributed by atoms with E-state index in [0.717, 1.165) is 25.9 Å². The highest BCUT2D eigenvalue weighted by atomic mass is 16.6. The highest BCUT2D eigenvalue weighted by Crippen LogP contribution is 2.13. The fourth-order valence-electron chi connectivity index (χ4n) is 5.38. The topological polar surface area (TPSA) is 100 Å². The van der Waals surface area contributed by atoms with Crippen LogP contribution in [0, 0.1) is 0 Å². The normalized spacial score (nSPS) is 11.5. The first-order valence-corrected chi connectivity index (χ1v) is 21.1. The van der Waals surface area contributed by atoms with Crippen LogP contribution in [0.15, 0.2) is 0 Å². The summed E-state index contributed by atoms with van der Waals surface area (Å²) in [6, 6.07) is 0. The Hall–Kier alpha value is -0.850. The molecule has 0 bridgehead atoms. The number of esters is 1. The van der Waals surface area contributed by atoms with Gasteiger partial charge >= 0.3 is 5.97 Å². The van der Waals surface area contributed by atoms with Gasteiger partial charge in [-0.15, -0.1) is 0 Å². The van der Waals surface area contributed by atoms with Crippen LogP contribution in [0.2, 0.25) is 0 Å². The third kappa shape index (κ3) is 47.1. The second kappa shape index (κ2) is 47.2. The minimum Gasteiger partial charge on any atom is -0.463 e. The Morgan fingerprint density at radius 1 is 0.275 bits per heavy atom. The summed E-state index contributed by atoms with van der Waals surface area (Å²) in [5, 5.41) is 0. The van der Waals surface area contributed by atoms with Crippen molar-refractivity contribution in [2.45, 2.75) is 149 Å². The Morgan fingerprint density at radius 2 is 0.510 bits per heavy atom. The van der Waals surface area contributed by atoms with Gasteiger partial charge in [-0.1, -0.05) is 129 Å². The van der Waals surface area contributed by atoms with E-state index in [2.05, 4.69) is 13.8 Å². The van der Waals surface area contributed by atoms with Gasteiger partial charge in [-0.2, -0.15) is 0 Å². The predicted octanol–water partition coefficient (Wildman–Crippen LogP) is 8.89. The largest absolute Gasteiger partial charge is 0.463 e. The van der Waals surface area contributed by atoms with Crippen LogP contribution < -0.4 is 0 Å². The summed E-state index contributed by atoms with van der Waals surface area (Å²) in [7, 11) is 0. The van der Waals surface area contributed by atoms with Gasteiger partial charge < -0.3 is 42.6 Å². The number of carbonyl (C=O) groups excluding carboxylic acids is 1. The first kappa shape index (κ1) is 50.1. The maximum absolute atomic E-state index is 11.7. The van der Waals surface area contributed by atoms with Crippen LogP contribution in [0.1, 0.15) is 149 Å². The van der Waals surface area contributed by atoms with Gasteiger partial charge in [0.1, 0.15) is 6.61 Å². The maximum atomic E-state index is 11.7. The zero-order valence-electron chi connectivity index (χ0n) is 33.5. The van der Waals surface area contributed by atoms with E-state index in [1.807, 2.05) is 0 Å². The fourth-order valence-corrected chi connectivity index (χ4v) is 5.38. The van der Waals surface area contributed by atoms with E-state index in [0.29, 0.717) is 112 Å². The lowest BCUT2D eigenvalue weighted by Gasteiger charge is -2.09. The molecule has 0 aromatic carbocycles.